The van der Waals surface area contributed by atoms with Crippen molar-refractivity contribution in [2.75, 3.05) is 9.80 Å². The summed E-state index contributed by atoms with van der Waals surface area (Å²) in [6.45, 7) is 23.7. The molecule has 0 aliphatic carbocycles. The Morgan fingerprint density at radius 1 is 0.242 bits per heavy atom. The van der Waals surface area contributed by atoms with Gasteiger partial charge in [0, 0.05) is 99.8 Å². The molecule has 598 valence electrons. The first-order valence-corrected chi connectivity index (χ1v) is 41.1. The number of anilines is 6. The molecule has 20 aromatic rings. The van der Waals surface area contributed by atoms with Crippen molar-refractivity contribution in [3.05, 3.63) is 361 Å². The number of nitrogens with zero attached hydrogens (tertiary/aromatic N) is 11. The molecule has 5 aromatic heterocycles. The Bertz CT molecular complexity index is 9000. The second kappa shape index (κ2) is 28.5. The molecule has 0 fully saturated rings. The van der Waals surface area contributed by atoms with Crippen molar-refractivity contribution in [1.29, 1.82) is 0 Å². The molecule has 0 amide bonds. The molecule has 0 radical (unpaired) electrons. The molecule has 11 nitrogen and oxygen atoms in total. The van der Waals surface area contributed by atoms with E-state index in [2.05, 4.69) is 82.5 Å². The Kier molecular flexibility index (Phi) is 12.1. The number of hydrogen-bond donors (Lipinski definition) is 0. The normalized spacial score (nSPS) is 15.9. The molecule has 12 heteroatoms. The van der Waals surface area contributed by atoms with Gasteiger partial charge in [0.05, 0.1) is 85.8 Å². The lowest BCUT2D eigenvalue weighted by Crippen LogP contribution is -2.61. The van der Waals surface area contributed by atoms with Crippen molar-refractivity contribution >= 4 is 123 Å². The summed E-state index contributed by atoms with van der Waals surface area (Å²) in [7, 11) is 0. The number of rotatable bonds is 11. The van der Waals surface area contributed by atoms with Gasteiger partial charge in [0.1, 0.15) is 0 Å². The van der Waals surface area contributed by atoms with Crippen LogP contribution in [0.25, 0.3) is 151 Å². The highest BCUT2D eigenvalue weighted by atomic mass is 15.2. The van der Waals surface area contributed by atoms with Gasteiger partial charge in [0.2, 0.25) is 0 Å². The molecule has 0 saturated heterocycles. The fourth-order valence-corrected chi connectivity index (χ4v) is 17.6. The average Bonchev–Trinajstić information content (AvgIpc) is 1.26. The lowest BCUT2D eigenvalue weighted by atomic mass is 9.33. The fraction of sp³-hybridized carbons (Fsp3) is 0.143. The molecule has 7 heterocycles. The Balaban J connectivity index is 0.982. The van der Waals surface area contributed by atoms with Crippen LogP contribution in [0.5, 0.6) is 0 Å². The molecule has 0 unspecified atom stereocenters. The summed E-state index contributed by atoms with van der Waals surface area (Å²) in [6.07, 6.45) is 0. The number of hydrogen-bond acceptors (Lipinski definition) is 8. The molecule has 0 saturated carbocycles. The van der Waals surface area contributed by atoms with E-state index >= 15 is 0 Å². The van der Waals surface area contributed by atoms with Crippen LogP contribution in [0.4, 0.5) is 34.1 Å². The van der Waals surface area contributed by atoms with Gasteiger partial charge in [-0.05, 0) is 169 Å². The van der Waals surface area contributed by atoms with Crippen LogP contribution < -0.4 is 26.2 Å². The van der Waals surface area contributed by atoms with Crippen LogP contribution in [0, 0.1) is 0 Å². The number of aromatic nitrogens is 9. The van der Waals surface area contributed by atoms with Crippen molar-refractivity contribution in [2.45, 2.75) is 105 Å². The van der Waals surface area contributed by atoms with Crippen LogP contribution in [0.15, 0.2) is 339 Å². The highest BCUT2D eigenvalue weighted by molar-refractivity contribution is 7.00. The molecular formula is C112H92BN11. The predicted molar refractivity (Wildman–Crippen MR) is 518 cm³/mol. The second-order valence-corrected chi connectivity index (χ2v) is 35.7. The van der Waals surface area contributed by atoms with Crippen molar-refractivity contribution in [2.24, 2.45) is 0 Å². The van der Waals surface area contributed by atoms with E-state index in [0.29, 0.717) is 50.0 Å². The topological polar surface area (TPSA) is 98.6 Å². The summed E-state index contributed by atoms with van der Waals surface area (Å²) < 4.78 is 255. The first kappa shape index (κ1) is 52.5. The maximum absolute atomic E-state index is 10.4. The minimum atomic E-state index is -1.13. The lowest BCUT2D eigenvalue weighted by molar-refractivity contribution is 0.590. The summed E-state index contributed by atoms with van der Waals surface area (Å²) in [5, 5.41) is 0.800. The standard InChI is InChI=1S/C112H92BN11/c1-109(2,3)73-49-57-94-84(61-73)85-62-74(110(4,5)6)50-58-95(85)121(94)78-54-56-89-99(66-78)124(97-60-52-76(112(10,11)12)64-87(97)108-118-105(71-37-21-15-22-38-71)115-106(119-108)72-39-23-16-24-40-72)101-68-79(122-92-47-31-27-43-82(92)83-44-28-32-48-93(83)122)67-100-102(101)113(89)88-55-53-77(120-90-45-29-25-41-80(90)81-42-26-30-46-91(81)120)65-98(88)123(100)96-59-51-75(111(7,8)9)63-86(96)107-116-103(69-33-17-13-18-34-69)114-104(117-107)70-35-19-14-20-36-70/h13-68H,1-12H3/i15D,16D,21D,22D,23D,24D,25D,26D,27D,28D,29D,30D,31D,32D,37D,38D,39D,40D,41D,42D,43D,44D,45D,46D,47D,48D. The van der Waals surface area contributed by atoms with Gasteiger partial charge in [-0.15, -0.1) is 0 Å². The Labute approximate surface area is 760 Å². The van der Waals surface area contributed by atoms with Gasteiger partial charge >= 0.3 is 0 Å². The van der Waals surface area contributed by atoms with Crippen molar-refractivity contribution in [3.8, 4) is 85.4 Å². The maximum Gasteiger partial charge on any atom is 0.252 e. The van der Waals surface area contributed by atoms with Gasteiger partial charge in [-0.3, -0.25) is 0 Å². The van der Waals surface area contributed by atoms with Gasteiger partial charge in [-0.25, -0.2) is 29.9 Å². The third-order valence-electron chi connectivity index (χ3n) is 23.8. The van der Waals surface area contributed by atoms with E-state index in [9.17, 15) is 32.9 Å². The Morgan fingerprint density at radius 3 is 0.919 bits per heavy atom. The van der Waals surface area contributed by atoms with Crippen LogP contribution in [0.1, 0.15) is 141 Å². The first-order valence-electron chi connectivity index (χ1n) is 54.1. The predicted octanol–water partition coefficient (Wildman–Crippen LogP) is 26.6. The molecule has 0 atom stereocenters. The molecule has 0 N–H and O–H groups in total. The van der Waals surface area contributed by atoms with Gasteiger partial charge < -0.3 is 23.5 Å². The van der Waals surface area contributed by atoms with E-state index in [1.54, 1.807) is 30.3 Å². The number of fused-ring (bicyclic) bond motifs is 13. The molecule has 22 rings (SSSR count). The van der Waals surface area contributed by atoms with E-state index < -0.39 is 197 Å². The van der Waals surface area contributed by atoms with E-state index in [-0.39, 0.29) is 123 Å². The van der Waals surface area contributed by atoms with Gasteiger partial charge in [0.25, 0.3) is 6.71 Å². The van der Waals surface area contributed by atoms with Crippen LogP contribution in [-0.4, -0.2) is 50.3 Å². The van der Waals surface area contributed by atoms with Crippen molar-refractivity contribution < 1.29 is 35.6 Å². The Hall–Kier alpha value is -14.6. The molecule has 2 aliphatic rings. The van der Waals surface area contributed by atoms with Crippen LogP contribution >= 0.6 is 0 Å². The molecule has 15 aromatic carbocycles. The van der Waals surface area contributed by atoms with E-state index in [1.165, 1.54) is 9.13 Å². The smallest absolute Gasteiger partial charge is 0.252 e. The second-order valence-electron chi connectivity index (χ2n) is 35.7. The van der Waals surface area contributed by atoms with Crippen molar-refractivity contribution in [1.82, 2.24) is 43.6 Å². The van der Waals surface area contributed by atoms with Gasteiger partial charge in [-0.2, -0.15) is 0 Å². The lowest BCUT2D eigenvalue weighted by Gasteiger charge is -2.45. The van der Waals surface area contributed by atoms with Crippen molar-refractivity contribution in [3.63, 3.8) is 0 Å². The molecule has 0 spiro atoms. The van der Waals surface area contributed by atoms with E-state index in [1.807, 2.05) is 167 Å². The third-order valence-corrected chi connectivity index (χ3v) is 23.8. The van der Waals surface area contributed by atoms with Gasteiger partial charge in [-0.1, -0.05) is 313 Å². The zero-order valence-electron chi connectivity index (χ0n) is 95.8. The Morgan fingerprint density at radius 2 is 0.548 bits per heavy atom. The minimum absolute atomic E-state index is 0.0430. The number of para-hydroxylation sites is 4. The highest BCUT2D eigenvalue weighted by Gasteiger charge is 2.46. The maximum atomic E-state index is 10.4. The summed E-state index contributed by atoms with van der Waals surface area (Å²) in [5.41, 5.74) is 5.60. The van der Waals surface area contributed by atoms with Gasteiger partial charge in [0.15, 0.2) is 34.9 Å². The third kappa shape index (κ3) is 12.5. The summed E-state index contributed by atoms with van der Waals surface area (Å²) >= 11 is 0. The molecule has 2 aliphatic heterocycles. The summed E-state index contributed by atoms with van der Waals surface area (Å²) in [5.74, 6) is -0.928. The quantitative estimate of drug-likeness (QED) is 0.118. The van der Waals surface area contributed by atoms with E-state index in [4.69, 9.17) is 32.6 Å². The average molecular weight is 1630 g/mol. The largest absolute Gasteiger partial charge is 0.311 e. The van der Waals surface area contributed by atoms with Crippen LogP contribution in [-0.2, 0) is 21.7 Å². The van der Waals surface area contributed by atoms with Crippen LogP contribution in [0.3, 0.4) is 0 Å². The zero-order chi connectivity index (χ0) is 107. The summed E-state index contributed by atoms with van der Waals surface area (Å²) in [4.78, 5) is 35.4. The summed E-state index contributed by atoms with van der Waals surface area (Å²) in [6, 6.07) is 39.1. The first-order chi connectivity index (χ1) is 70.8. The SMILES string of the molecule is [2H]c1c([2H])c([2H])c(-c2nc(-c3cc(C(C)(C)C)ccc3N3c4cc(-n5c6ccc(C(C)(C)C)cc6c6cc(C(C)(C)C)ccc65)ccc4B4c5ccc(-n6c7c([2H])c([2H])c([2H])c([2H])c7c7c([2H])c([2H])c([2H])c([2H])c76)cc5N(c5ccc(C(C)(C)C)cc5-c5nc(-c6ccccc6)nc(-c6ccccc6)n5)c5cc(-n6c7c([2H])c([2H])c([2H])c([2H])c7c7c([2H])c([2H])c([2H])c([2H])c76)cc3c54)nc(-c3c([2H])c([2H])c([2H])c([2H])c3[2H])n2)c([2H])c1[2H]. The van der Waals surface area contributed by atoms with E-state index in [0.717, 1.165) is 38.5 Å². The molecular weight excluding hydrogens is 1510 g/mol. The molecule has 0 bridgehead atoms. The monoisotopic (exact) mass is 1630 g/mol. The minimum Gasteiger partial charge on any atom is -0.311 e. The highest BCUT2D eigenvalue weighted by Crippen LogP contribution is 2.53. The number of benzene rings is 15. The molecule has 124 heavy (non-hydrogen) atoms. The zero-order valence-corrected chi connectivity index (χ0v) is 69.8. The van der Waals surface area contributed by atoms with Crippen LogP contribution in [0.2, 0.25) is 0 Å². The fourth-order valence-electron chi connectivity index (χ4n) is 17.6.